The van der Waals surface area contributed by atoms with Crippen molar-refractivity contribution in [1.82, 2.24) is 0 Å². The summed E-state index contributed by atoms with van der Waals surface area (Å²) in [5.41, 5.74) is 0.689. The van der Waals surface area contributed by atoms with Gasteiger partial charge in [-0.2, -0.15) is 6.08 Å². The average molecular weight is 1000 g/mol. The number of rotatable bonds is 2. The molecule has 308 valence electrons. The maximum absolute atomic E-state index is 12.7. The second kappa shape index (κ2) is 16.3. The van der Waals surface area contributed by atoms with Crippen LogP contribution in [-0.2, 0) is 36.2 Å². The number of benzene rings is 2. The van der Waals surface area contributed by atoms with Crippen LogP contribution in [0.4, 0.5) is 26.3 Å². The summed E-state index contributed by atoms with van der Waals surface area (Å²) in [5.74, 6) is 0.460. The third kappa shape index (κ3) is 6.80. The minimum Gasteiger partial charge on any atom is -1.00 e. The molecule has 0 N–H and O–H groups in total. The summed E-state index contributed by atoms with van der Waals surface area (Å²) in [4.78, 5) is 0. The van der Waals surface area contributed by atoms with Gasteiger partial charge in [0.05, 0.1) is 0 Å². The average Bonchev–Trinajstić information content (AvgIpc) is 3.80. The molecular formula is C49H50Cl2F6Hf-2. The van der Waals surface area contributed by atoms with Gasteiger partial charge in [0.25, 0.3) is 0 Å². The Morgan fingerprint density at radius 3 is 1.57 bits per heavy atom. The van der Waals surface area contributed by atoms with Crippen LogP contribution in [0.15, 0.2) is 139 Å². The minimum atomic E-state index is -4.48. The Morgan fingerprint density at radius 2 is 1.14 bits per heavy atom. The molecule has 0 bridgehead atoms. The van der Waals surface area contributed by atoms with E-state index in [9.17, 15) is 26.3 Å². The molecule has 2 aromatic rings. The standard InChI is InChI=1S/C29H37.C15H8F6.C5H5.2ClH.Hf/c1-21-14-13-15-22-20-27(6)25(4)18-10-9-16-23(25,2)24(3)17-11-12-19-26(24,5)29(27,8)28(21,22)7;16-14(17,18)12-5-1-3-10(8-12)7-11-4-2-6-13(9-11)15(19,20)21;1-2-4-5-3-1;;;/h9-20,22H,1-8H3;1-6,8-9H;1-3H,4H2;2*1H;/q-1;;-1;;;+2/p-2. The fraction of sp³-hybridized carbons (Fsp3) is 0.388. The number of halogens is 8. The van der Waals surface area contributed by atoms with Gasteiger partial charge in [0.1, 0.15) is 0 Å². The molecule has 0 aromatic heterocycles. The monoisotopic (exact) mass is 1000 g/mol. The van der Waals surface area contributed by atoms with E-state index in [2.05, 4.69) is 141 Å². The van der Waals surface area contributed by atoms with Crippen LogP contribution < -0.4 is 24.8 Å². The smallest absolute Gasteiger partial charge is 0.109 e. The van der Waals surface area contributed by atoms with Gasteiger partial charge in [-0.1, -0.05) is 115 Å². The van der Waals surface area contributed by atoms with Crippen LogP contribution in [0.2, 0.25) is 0 Å². The van der Waals surface area contributed by atoms with Gasteiger partial charge >= 0.3 is 137 Å². The van der Waals surface area contributed by atoms with Crippen molar-refractivity contribution in [3.8, 4) is 0 Å². The van der Waals surface area contributed by atoms with Crippen molar-refractivity contribution in [3.63, 3.8) is 0 Å². The molecule has 2 aromatic carbocycles. The topological polar surface area (TPSA) is 0 Å². The third-order valence-electron chi connectivity index (χ3n) is 15.6. The second-order valence-electron chi connectivity index (χ2n) is 17.2. The zero-order valence-corrected chi connectivity index (χ0v) is 39.2. The van der Waals surface area contributed by atoms with Crippen LogP contribution in [0.25, 0.3) is 0 Å². The second-order valence-corrected chi connectivity index (χ2v) is 19.0. The molecule has 2 saturated carbocycles. The Kier molecular flexibility index (Phi) is 13.4. The Bertz CT molecular complexity index is 2080. The summed E-state index contributed by atoms with van der Waals surface area (Å²) in [5, 5.41) is 0. The molecule has 58 heavy (non-hydrogen) atoms. The molecule has 8 rings (SSSR count). The molecule has 8 atom stereocenters. The van der Waals surface area contributed by atoms with E-state index >= 15 is 0 Å². The van der Waals surface area contributed by atoms with Crippen LogP contribution >= 0.6 is 0 Å². The summed E-state index contributed by atoms with van der Waals surface area (Å²) in [6, 6.07) is 9.24. The van der Waals surface area contributed by atoms with Crippen molar-refractivity contribution in [2.24, 2.45) is 43.8 Å². The van der Waals surface area contributed by atoms with Crippen LogP contribution in [0.1, 0.15) is 84.1 Å². The molecule has 0 aliphatic heterocycles. The summed E-state index contributed by atoms with van der Waals surface area (Å²) >= 11 is 0.316. The molecule has 6 aliphatic rings. The van der Waals surface area contributed by atoms with Gasteiger partial charge in [0.2, 0.25) is 0 Å². The first-order valence-electron chi connectivity index (χ1n) is 19.1. The molecule has 2 fully saturated rings. The van der Waals surface area contributed by atoms with Crippen LogP contribution in [0.3, 0.4) is 0 Å². The quantitative estimate of drug-likeness (QED) is 0.164. The maximum Gasteiger partial charge on any atom is -0.109 e. The van der Waals surface area contributed by atoms with Crippen molar-refractivity contribution in [2.75, 3.05) is 0 Å². The Hall–Kier alpha value is -2.74. The molecule has 8 unspecified atom stereocenters. The molecule has 0 radical (unpaired) electrons. The SMILES string of the molecule is CC1=CC=CC2[CH-]C3(C)C4(C)C=CC=CC4(C)C4(C)C=CC=CC4(C)C3(C)C12C.FC(F)(F)c1cccc([C](=[Hf+2])c2cccc(C(F)(F)F)c2)c1.[C-]1=CC=CC1.[Cl-].[Cl-]. The first-order chi connectivity index (χ1) is 26.0. The van der Waals surface area contributed by atoms with Crippen molar-refractivity contribution in [3.05, 3.63) is 174 Å². The van der Waals surface area contributed by atoms with E-state index in [0.717, 1.165) is 30.7 Å². The molecule has 0 nitrogen and oxygen atoms in total. The minimum absolute atomic E-state index is 0. The van der Waals surface area contributed by atoms with Gasteiger partial charge in [-0.15, -0.1) is 23.8 Å². The van der Waals surface area contributed by atoms with Crippen molar-refractivity contribution in [1.29, 1.82) is 0 Å². The van der Waals surface area contributed by atoms with Crippen LogP contribution in [0.5, 0.6) is 0 Å². The van der Waals surface area contributed by atoms with Gasteiger partial charge < -0.3 is 31.2 Å². The molecule has 0 saturated heterocycles. The number of hydrogen-bond acceptors (Lipinski definition) is 0. The normalized spacial score (nSPS) is 35.7. The predicted molar refractivity (Wildman–Crippen MR) is 212 cm³/mol. The van der Waals surface area contributed by atoms with Gasteiger partial charge in [-0.25, -0.2) is 12.2 Å². The largest absolute Gasteiger partial charge is 1.00 e. The first kappa shape index (κ1) is 47.9. The van der Waals surface area contributed by atoms with E-state index in [1.165, 1.54) is 29.8 Å². The zero-order valence-electron chi connectivity index (χ0n) is 34.1. The van der Waals surface area contributed by atoms with Gasteiger partial charge in [0.15, 0.2) is 0 Å². The van der Waals surface area contributed by atoms with E-state index in [0.29, 0.717) is 44.2 Å². The summed E-state index contributed by atoms with van der Waals surface area (Å²) in [6.07, 6.45) is 30.3. The van der Waals surface area contributed by atoms with Crippen molar-refractivity contribution < 1.29 is 75.0 Å². The Labute approximate surface area is 368 Å². The number of allylic oxidation sites excluding steroid dienone is 16. The Morgan fingerprint density at radius 1 is 0.672 bits per heavy atom. The number of fused-ring (bicyclic) bond motifs is 8. The van der Waals surface area contributed by atoms with Gasteiger partial charge in [-0.05, 0) is 28.6 Å². The zero-order chi connectivity index (χ0) is 41.2. The Balaban J connectivity index is 0.000000228. The first-order valence-corrected chi connectivity index (χ1v) is 20.9. The fourth-order valence-corrected chi connectivity index (χ4v) is 12.6. The summed E-state index contributed by atoms with van der Waals surface area (Å²) in [6.45, 7) is 20.3. The molecular weight excluding hydrogens is 952 g/mol. The molecule has 0 heterocycles. The van der Waals surface area contributed by atoms with E-state index in [4.69, 9.17) is 0 Å². The molecule has 0 spiro atoms. The fourth-order valence-electron chi connectivity index (χ4n) is 11.5. The summed E-state index contributed by atoms with van der Waals surface area (Å²) < 4.78 is 76.7. The van der Waals surface area contributed by atoms with Gasteiger partial charge in [-0.3, -0.25) is 6.08 Å². The number of alkyl halides is 6. The molecule has 9 heteroatoms. The third-order valence-corrected chi connectivity index (χ3v) is 17.7. The molecule has 0 amide bonds. The van der Waals surface area contributed by atoms with Crippen LogP contribution in [0, 0.1) is 56.3 Å². The van der Waals surface area contributed by atoms with E-state index < -0.39 is 23.5 Å². The predicted octanol–water partition coefficient (Wildman–Crippen LogP) is 7.80. The van der Waals surface area contributed by atoms with Crippen LogP contribution in [-0.4, -0.2) is 3.26 Å². The maximum atomic E-state index is 12.7. The van der Waals surface area contributed by atoms with E-state index in [1.54, 1.807) is 0 Å². The van der Waals surface area contributed by atoms with E-state index in [1.807, 2.05) is 12.2 Å². The van der Waals surface area contributed by atoms with Crippen molar-refractivity contribution >= 4 is 3.26 Å². The molecule has 6 aliphatic carbocycles. The number of hydrogen-bond donors (Lipinski definition) is 0. The van der Waals surface area contributed by atoms with E-state index in [-0.39, 0.29) is 62.7 Å². The summed E-state index contributed by atoms with van der Waals surface area (Å²) in [7, 11) is 0. The van der Waals surface area contributed by atoms with Crippen molar-refractivity contribution in [2.45, 2.75) is 74.2 Å². The van der Waals surface area contributed by atoms with Gasteiger partial charge in [0, 0.05) is 10.8 Å².